The lowest BCUT2D eigenvalue weighted by atomic mass is 10.0. The Balaban J connectivity index is 1.84. The average Bonchev–Trinajstić information content (AvgIpc) is 2.54. The Morgan fingerprint density at radius 2 is 1.50 bits per heavy atom. The van der Waals surface area contributed by atoms with Gasteiger partial charge in [-0.05, 0) is 36.5 Å². The molecule has 114 valence electrons. The van der Waals surface area contributed by atoms with Crippen molar-refractivity contribution in [3.63, 3.8) is 0 Å². The number of benzene rings is 2. The first-order valence-corrected chi connectivity index (χ1v) is 7.59. The van der Waals surface area contributed by atoms with Crippen molar-refractivity contribution in [1.82, 2.24) is 0 Å². The molecular weight excluding hydrogens is 272 g/mol. The summed E-state index contributed by atoms with van der Waals surface area (Å²) in [6.07, 6.45) is 2.79. The normalized spacial score (nSPS) is 10.2. The Labute approximate surface area is 132 Å². The highest BCUT2D eigenvalue weighted by Crippen LogP contribution is 2.10. The van der Waals surface area contributed by atoms with E-state index in [-0.39, 0.29) is 5.97 Å². The average molecular weight is 294 g/mol. The maximum atomic E-state index is 11.3. The van der Waals surface area contributed by atoms with Crippen LogP contribution in [0.2, 0.25) is 0 Å². The van der Waals surface area contributed by atoms with E-state index in [1.807, 2.05) is 6.07 Å². The standard InChI is InChI=1S/C20H22O2/c1-16(2)20(21)22-14-13-19-10-6-9-18(15-19)12-11-17-7-4-3-5-8-17/h3-10,15H,1,11-14H2,2H3. The summed E-state index contributed by atoms with van der Waals surface area (Å²) < 4.78 is 5.14. The van der Waals surface area contributed by atoms with Crippen LogP contribution in [0.3, 0.4) is 0 Å². The number of hydrogen-bond donors (Lipinski definition) is 0. The molecule has 0 saturated heterocycles. The third kappa shape index (κ3) is 5.21. The van der Waals surface area contributed by atoms with Crippen molar-refractivity contribution in [3.05, 3.63) is 83.4 Å². The number of rotatable bonds is 7. The summed E-state index contributed by atoms with van der Waals surface area (Å²) >= 11 is 0. The van der Waals surface area contributed by atoms with Crippen LogP contribution in [0.25, 0.3) is 0 Å². The van der Waals surface area contributed by atoms with E-state index in [0.717, 1.165) is 19.3 Å². The number of aryl methyl sites for hydroxylation is 2. The van der Waals surface area contributed by atoms with Gasteiger partial charge in [-0.15, -0.1) is 0 Å². The molecule has 0 fully saturated rings. The first kappa shape index (κ1) is 16.0. The van der Waals surface area contributed by atoms with E-state index in [4.69, 9.17) is 4.74 Å². The molecule has 0 saturated carbocycles. The van der Waals surface area contributed by atoms with Gasteiger partial charge >= 0.3 is 5.97 Å². The first-order chi connectivity index (χ1) is 10.6. The molecule has 0 aliphatic heterocycles. The fourth-order valence-electron chi connectivity index (χ4n) is 2.26. The van der Waals surface area contributed by atoms with E-state index < -0.39 is 0 Å². The first-order valence-electron chi connectivity index (χ1n) is 7.59. The fraction of sp³-hybridized carbons (Fsp3) is 0.250. The van der Waals surface area contributed by atoms with E-state index in [1.165, 1.54) is 16.7 Å². The van der Waals surface area contributed by atoms with Gasteiger partial charge in [0, 0.05) is 12.0 Å². The molecule has 0 spiro atoms. The van der Waals surface area contributed by atoms with Gasteiger partial charge in [0.25, 0.3) is 0 Å². The molecule has 0 radical (unpaired) electrons. The van der Waals surface area contributed by atoms with E-state index in [9.17, 15) is 4.79 Å². The minimum atomic E-state index is -0.319. The summed E-state index contributed by atoms with van der Waals surface area (Å²) in [6.45, 7) is 5.63. The molecule has 0 bridgehead atoms. The van der Waals surface area contributed by atoms with Gasteiger partial charge in [0.05, 0.1) is 6.61 Å². The second-order valence-corrected chi connectivity index (χ2v) is 5.47. The summed E-state index contributed by atoms with van der Waals surface area (Å²) in [5.74, 6) is -0.319. The molecule has 2 rings (SSSR count). The van der Waals surface area contributed by atoms with Gasteiger partial charge in [0.2, 0.25) is 0 Å². The van der Waals surface area contributed by atoms with Crippen molar-refractivity contribution in [3.8, 4) is 0 Å². The predicted octanol–water partition coefficient (Wildman–Crippen LogP) is 4.13. The van der Waals surface area contributed by atoms with Crippen molar-refractivity contribution >= 4 is 5.97 Å². The van der Waals surface area contributed by atoms with Gasteiger partial charge < -0.3 is 4.74 Å². The highest BCUT2D eigenvalue weighted by Gasteiger charge is 2.03. The van der Waals surface area contributed by atoms with Gasteiger partial charge in [-0.3, -0.25) is 0 Å². The minimum Gasteiger partial charge on any atom is -0.462 e. The number of carbonyl (C=O) groups is 1. The molecule has 2 nitrogen and oxygen atoms in total. The lowest BCUT2D eigenvalue weighted by molar-refractivity contribution is -0.138. The number of ether oxygens (including phenoxy) is 1. The topological polar surface area (TPSA) is 26.3 Å². The number of esters is 1. The maximum Gasteiger partial charge on any atom is 0.333 e. The maximum absolute atomic E-state index is 11.3. The molecule has 2 aromatic rings. The van der Waals surface area contributed by atoms with Gasteiger partial charge in [-0.25, -0.2) is 4.79 Å². The molecule has 0 atom stereocenters. The quantitative estimate of drug-likeness (QED) is 0.567. The Morgan fingerprint density at radius 3 is 2.18 bits per heavy atom. The van der Waals surface area contributed by atoms with Crippen molar-refractivity contribution in [2.75, 3.05) is 6.61 Å². The van der Waals surface area contributed by atoms with Crippen LogP contribution in [0.5, 0.6) is 0 Å². The predicted molar refractivity (Wildman–Crippen MR) is 89.8 cm³/mol. The fourth-order valence-corrected chi connectivity index (χ4v) is 2.26. The van der Waals surface area contributed by atoms with Crippen LogP contribution >= 0.6 is 0 Å². The zero-order chi connectivity index (χ0) is 15.8. The minimum absolute atomic E-state index is 0.319. The Hall–Kier alpha value is -2.35. The van der Waals surface area contributed by atoms with Gasteiger partial charge in [-0.1, -0.05) is 61.2 Å². The molecule has 2 heteroatoms. The Kier molecular flexibility index (Phi) is 5.96. The third-order valence-electron chi connectivity index (χ3n) is 3.51. The zero-order valence-electron chi connectivity index (χ0n) is 13.0. The highest BCUT2D eigenvalue weighted by atomic mass is 16.5. The van der Waals surface area contributed by atoms with E-state index >= 15 is 0 Å². The summed E-state index contributed by atoms with van der Waals surface area (Å²) in [7, 11) is 0. The molecular formula is C20H22O2. The summed E-state index contributed by atoms with van der Waals surface area (Å²) in [5, 5.41) is 0. The summed E-state index contributed by atoms with van der Waals surface area (Å²) in [6, 6.07) is 19.0. The van der Waals surface area contributed by atoms with Crippen LogP contribution in [-0.4, -0.2) is 12.6 Å². The SMILES string of the molecule is C=C(C)C(=O)OCCc1cccc(CCc2ccccc2)c1. The lowest BCUT2D eigenvalue weighted by Crippen LogP contribution is -2.08. The molecule has 0 N–H and O–H groups in total. The number of hydrogen-bond acceptors (Lipinski definition) is 2. The van der Waals surface area contributed by atoms with E-state index in [2.05, 4.69) is 55.1 Å². The molecule has 0 heterocycles. The van der Waals surface area contributed by atoms with Gasteiger partial charge in [0.1, 0.15) is 0 Å². The van der Waals surface area contributed by atoms with Crippen molar-refractivity contribution in [2.24, 2.45) is 0 Å². The molecule has 0 aromatic heterocycles. The van der Waals surface area contributed by atoms with Crippen LogP contribution in [-0.2, 0) is 28.8 Å². The lowest BCUT2D eigenvalue weighted by Gasteiger charge is -2.07. The Morgan fingerprint density at radius 1 is 0.909 bits per heavy atom. The highest BCUT2D eigenvalue weighted by molar-refractivity contribution is 5.86. The molecule has 0 aliphatic rings. The third-order valence-corrected chi connectivity index (χ3v) is 3.51. The van der Waals surface area contributed by atoms with Gasteiger partial charge in [0.15, 0.2) is 0 Å². The molecule has 22 heavy (non-hydrogen) atoms. The molecule has 0 amide bonds. The largest absolute Gasteiger partial charge is 0.462 e. The monoisotopic (exact) mass is 294 g/mol. The van der Waals surface area contributed by atoms with E-state index in [0.29, 0.717) is 12.2 Å². The van der Waals surface area contributed by atoms with Crippen molar-refractivity contribution < 1.29 is 9.53 Å². The summed E-state index contributed by atoms with van der Waals surface area (Å²) in [5.41, 5.74) is 4.30. The van der Waals surface area contributed by atoms with Crippen molar-refractivity contribution in [2.45, 2.75) is 26.2 Å². The van der Waals surface area contributed by atoms with Crippen LogP contribution in [0.15, 0.2) is 66.7 Å². The number of carbonyl (C=O) groups excluding carboxylic acids is 1. The molecule has 2 aromatic carbocycles. The van der Waals surface area contributed by atoms with Gasteiger partial charge in [-0.2, -0.15) is 0 Å². The Bertz CT molecular complexity index is 629. The van der Waals surface area contributed by atoms with Crippen LogP contribution in [0, 0.1) is 0 Å². The molecule has 0 unspecified atom stereocenters. The summed E-state index contributed by atoms with van der Waals surface area (Å²) in [4.78, 5) is 11.3. The van der Waals surface area contributed by atoms with Crippen LogP contribution in [0.1, 0.15) is 23.6 Å². The van der Waals surface area contributed by atoms with Crippen LogP contribution in [0.4, 0.5) is 0 Å². The molecule has 0 aliphatic carbocycles. The van der Waals surface area contributed by atoms with Crippen LogP contribution < -0.4 is 0 Å². The van der Waals surface area contributed by atoms with Crippen molar-refractivity contribution in [1.29, 1.82) is 0 Å². The van der Waals surface area contributed by atoms with E-state index in [1.54, 1.807) is 6.92 Å². The zero-order valence-corrected chi connectivity index (χ0v) is 13.0. The second kappa shape index (κ2) is 8.18. The smallest absolute Gasteiger partial charge is 0.333 e. The second-order valence-electron chi connectivity index (χ2n) is 5.47.